The number of carbonyl (C=O) groups excluding carboxylic acids is 2. The number of amides is 2. The summed E-state index contributed by atoms with van der Waals surface area (Å²) in [4.78, 5) is 27.5. The van der Waals surface area contributed by atoms with Gasteiger partial charge in [0.2, 0.25) is 0 Å². The Morgan fingerprint density at radius 1 is 1.36 bits per heavy atom. The summed E-state index contributed by atoms with van der Waals surface area (Å²) in [5.74, 6) is -0.265. The number of thiazole rings is 1. The average molecular weight is 321 g/mol. The SMILES string of the molecule is CC(C)C[C@@H](NC(N)=O)C(=O)OCc1nc2ccccc2s1. The lowest BCUT2D eigenvalue weighted by atomic mass is 10.0. The second kappa shape index (κ2) is 7.22. The van der Waals surface area contributed by atoms with E-state index in [9.17, 15) is 9.59 Å². The number of rotatable bonds is 6. The van der Waals surface area contributed by atoms with Crippen molar-refractivity contribution in [2.24, 2.45) is 11.7 Å². The standard InChI is InChI=1S/C15H19N3O3S/c1-9(2)7-11(18-15(16)20)14(19)21-8-13-17-10-5-3-4-6-12(10)22-13/h3-6,9,11H,7-8H2,1-2H3,(H3,16,18,20)/t11-/m1/s1. The number of nitrogens with one attached hydrogen (secondary N) is 1. The molecule has 0 saturated carbocycles. The summed E-state index contributed by atoms with van der Waals surface area (Å²) < 4.78 is 6.30. The van der Waals surface area contributed by atoms with Gasteiger partial charge in [-0.2, -0.15) is 0 Å². The van der Waals surface area contributed by atoms with Crippen LogP contribution < -0.4 is 11.1 Å². The molecule has 1 heterocycles. The molecule has 0 radical (unpaired) electrons. The van der Waals surface area contributed by atoms with Crippen LogP contribution >= 0.6 is 11.3 Å². The number of primary amides is 1. The van der Waals surface area contributed by atoms with E-state index in [4.69, 9.17) is 10.5 Å². The van der Waals surface area contributed by atoms with Gasteiger partial charge in [0, 0.05) is 0 Å². The second-order valence-electron chi connectivity index (χ2n) is 5.37. The Bertz CT molecular complexity index is 636. The summed E-state index contributed by atoms with van der Waals surface area (Å²) in [5.41, 5.74) is 5.98. The van der Waals surface area contributed by atoms with Gasteiger partial charge < -0.3 is 15.8 Å². The number of hydrogen-bond donors (Lipinski definition) is 2. The number of fused-ring (bicyclic) bond motifs is 1. The van der Waals surface area contributed by atoms with Crippen LogP contribution in [0.4, 0.5) is 4.79 Å². The molecule has 2 aromatic rings. The second-order valence-corrected chi connectivity index (χ2v) is 6.49. The van der Waals surface area contributed by atoms with Crippen molar-refractivity contribution in [2.45, 2.75) is 32.9 Å². The van der Waals surface area contributed by atoms with E-state index in [-0.39, 0.29) is 12.5 Å². The monoisotopic (exact) mass is 321 g/mol. The van der Waals surface area contributed by atoms with Crippen molar-refractivity contribution >= 4 is 33.6 Å². The molecule has 0 fully saturated rings. The van der Waals surface area contributed by atoms with E-state index in [1.54, 1.807) is 0 Å². The van der Waals surface area contributed by atoms with Gasteiger partial charge in [0.05, 0.1) is 10.2 Å². The molecule has 0 aliphatic rings. The minimum absolute atomic E-state index is 0.0905. The molecule has 22 heavy (non-hydrogen) atoms. The number of esters is 1. The van der Waals surface area contributed by atoms with Crippen LogP contribution in [0.25, 0.3) is 10.2 Å². The van der Waals surface area contributed by atoms with Crippen molar-refractivity contribution in [2.75, 3.05) is 0 Å². The molecule has 0 bridgehead atoms. The number of para-hydroxylation sites is 1. The fraction of sp³-hybridized carbons (Fsp3) is 0.400. The molecule has 2 amide bonds. The number of nitrogens with zero attached hydrogens (tertiary/aromatic N) is 1. The molecular formula is C15H19N3O3S. The van der Waals surface area contributed by atoms with Crippen LogP contribution in [0, 0.1) is 5.92 Å². The lowest BCUT2D eigenvalue weighted by Gasteiger charge is -2.17. The topological polar surface area (TPSA) is 94.3 Å². The minimum Gasteiger partial charge on any atom is -0.457 e. The first-order valence-corrected chi connectivity index (χ1v) is 7.84. The Morgan fingerprint density at radius 2 is 2.09 bits per heavy atom. The summed E-state index contributed by atoms with van der Waals surface area (Å²) in [5, 5.41) is 3.14. The van der Waals surface area contributed by atoms with Crippen LogP contribution in [-0.2, 0) is 16.1 Å². The molecule has 0 unspecified atom stereocenters. The molecule has 1 aromatic carbocycles. The molecule has 3 N–H and O–H groups in total. The largest absolute Gasteiger partial charge is 0.457 e. The Hall–Kier alpha value is -2.15. The molecule has 7 heteroatoms. The van der Waals surface area contributed by atoms with Crippen LogP contribution in [0.5, 0.6) is 0 Å². The Labute approximate surface area is 132 Å². The number of ether oxygens (including phenoxy) is 1. The Balaban J connectivity index is 1.98. The molecular weight excluding hydrogens is 302 g/mol. The molecule has 6 nitrogen and oxygen atoms in total. The third-order valence-corrected chi connectivity index (χ3v) is 3.99. The molecule has 0 aliphatic heterocycles. The molecule has 1 aromatic heterocycles. The fourth-order valence-electron chi connectivity index (χ4n) is 2.07. The molecule has 0 saturated heterocycles. The third-order valence-electron chi connectivity index (χ3n) is 2.98. The Kier molecular flexibility index (Phi) is 5.32. The molecule has 118 valence electrons. The van der Waals surface area contributed by atoms with E-state index in [0.717, 1.165) is 15.2 Å². The maximum absolute atomic E-state index is 12.1. The van der Waals surface area contributed by atoms with Gasteiger partial charge in [0.15, 0.2) is 0 Å². The van der Waals surface area contributed by atoms with E-state index in [1.165, 1.54) is 11.3 Å². The lowest BCUT2D eigenvalue weighted by Crippen LogP contribution is -2.45. The predicted octanol–water partition coefficient (Wildman–Crippen LogP) is 2.42. The number of carbonyl (C=O) groups is 2. The van der Waals surface area contributed by atoms with Crippen molar-refractivity contribution in [3.63, 3.8) is 0 Å². The summed E-state index contributed by atoms with van der Waals surface area (Å²) in [7, 11) is 0. The van der Waals surface area contributed by atoms with Crippen LogP contribution in [0.15, 0.2) is 24.3 Å². The summed E-state index contributed by atoms with van der Waals surface area (Å²) in [6.07, 6.45) is 0.474. The van der Waals surface area contributed by atoms with Crippen LogP contribution in [0.2, 0.25) is 0 Å². The van der Waals surface area contributed by atoms with Gasteiger partial charge in [-0.15, -0.1) is 11.3 Å². The van der Waals surface area contributed by atoms with E-state index >= 15 is 0 Å². The van der Waals surface area contributed by atoms with Gasteiger partial charge in [-0.25, -0.2) is 14.6 Å². The highest BCUT2D eigenvalue weighted by atomic mass is 32.1. The minimum atomic E-state index is -0.734. The van der Waals surface area contributed by atoms with Crippen molar-refractivity contribution in [1.82, 2.24) is 10.3 Å². The van der Waals surface area contributed by atoms with Gasteiger partial charge in [-0.05, 0) is 24.5 Å². The van der Waals surface area contributed by atoms with Crippen molar-refractivity contribution in [3.8, 4) is 0 Å². The predicted molar refractivity (Wildman–Crippen MR) is 85.4 cm³/mol. The first-order valence-electron chi connectivity index (χ1n) is 7.02. The van der Waals surface area contributed by atoms with Gasteiger partial charge in [0.25, 0.3) is 0 Å². The highest BCUT2D eigenvalue weighted by Crippen LogP contribution is 2.22. The van der Waals surface area contributed by atoms with Crippen LogP contribution in [-0.4, -0.2) is 23.0 Å². The summed E-state index contributed by atoms with van der Waals surface area (Å²) in [6.45, 7) is 4.00. The van der Waals surface area contributed by atoms with E-state index in [0.29, 0.717) is 6.42 Å². The first-order chi connectivity index (χ1) is 10.5. The zero-order valence-electron chi connectivity index (χ0n) is 12.5. The molecule has 0 aliphatic carbocycles. The first kappa shape index (κ1) is 16.2. The van der Waals surface area contributed by atoms with E-state index < -0.39 is 18.0 Å². The lowest BCUT2D eigenvalue weighted by molar-refractivity contribution is -0.147. The quantitative estimate of drug-likeness (QED) is 0.799. The number of hydrogen-bond acceptors (Lipinski definition) is 5. The average Bonchev–Trinajstić information content (AvgIpc) is 2.85. The van der Waals surface area contributed by atoms with Gasteiger partial charge in [-0.3, -0.25) is 0 Å². The smallest absolute Gasteiger partial charge is 0.329 e. The third kappa shape index (κ3) is 4.42. The summed E-state index contributed by atoms with van der Waals surface area (Å²) >= 11 is 1.48. The van der Waals surface area contributed by atoms with Crippen LogP contribution in [0.1, 0.15) is 25.3 Å². The van der Waals surface area contributed by atoms with Gasteiger partial charge >= 0.3 is 12.0 Å². The number of urea groups is 1. The van der Waals surface area contributed by atoms with Crippen LogP contribution in [0.3, 0.4) is 0 Å². The maximum atomic E-state index is 12.1. The Morgan fingerprint density at radius 3 is 2.73 bits per heavy atom. The summed E-state index contributed by atoms with van der Waals surface area (Å²) in [6, 6.07) is 6.26. The maximum Gasteiger partial charge on any atom is 0.329 e. The van der Waals surface area contributed by atoms with E-state index in [1.807, 2.05) is 38.1 Å². The highest BCUT2D eigenvalue weighted by Gasteiger charge is 2.23. The van der Waals surface area contributed by atoms with Gasteiger partial charge in [-0.1, -0.05) is 26.0 Å². The molecule has 2 rings (SSSR count). The molecule has 1 atom stereocenters. The number of aromatic nitrogens is 1. The number of benzene rings is 1. The van der Waals surface area contributed by atoms with E-state index in [2.05, 4.69) is 10.3 Å². The van der Waals surface area contributed by atoms with Gasteiger partial charge in [0.1, 0.15) is 17.7 Å². The zero-order chi connectivity index (χ0) is 16.1. The zero-order valence-corrected chi connectivity index (χ0v) is 13.4. The van der Waals surface area contributed by atoms with Crippen molar-refractivity contribution in [1.29, 1.82) is 0 Å². The normalized spacial score (nSPS) is 12.3. The molecule has 0 spiro atoms. The highest BCUT2D eigenvalue weighted by molar-refractivity contribution is 7.18. The van der Waals surface area contributed by atoms with Crippen molar-refractivity contribution < 1.29 is 14.3 Å². The van der Waals surface area contributed by atoms with Crippen molar-refractivity contribution in [3.05, 3.63) is 29.3 Å². The fourth-order valence-corrected chi connectivity index (χ4v) is 2.95. The number of nitrogens with two attached hydrogens (primary N) is 1.